The van der Waals surface area contributed by atoms with Gasteiger partial charge in [0.15, 0.2) is 0 Å². The van der Waals surface area contributed by atoms with Crippen LogP contribution < -0.4 is 0 Å². The first kappa shape index (κ1) is 31.9. The molecule has 0 aliphatic heterocycles. The molecule has 16 nitrogen and oxygen atoms in total. The maximum absolute atomic E-state index is 12.1. The zero-order chi connectivity index (χ0) is 29.7. The van der Waals surface area contributed by atoms with Crippen LogP contribution in [0.5, 0.6) is 0 Å². The minimum absolute atomic E-state index is 0.0413. The summed E-state index contributed by atoms with van der Waals surface area (Å²) in [5.74, 6) is -0.299. The van der Waals surface area contributed by atoms with Gasteiger partial charge in [0.1, 0.15) is 0 Å². The highest BCUT2D eigenvalue weighted by Crippen LogP contribution is 2.26. The summed E-state index contributed by atoms with van der Waals surface area (Å²) in [5, 5.41) is 43.7. The van der Waals surface area contributed by atoms with Gasteiger partial charge in [-0.05, 0) is 25.7 Å². The van der Waals surface area contributed by atoms with Crippen molar-refractivity contribution in [1.82, 2.24) is 0 Å². The Kier molecular flexibility index (Phi) is 12.7. The SMILES string of the molecule is O=C(OCCCCSSCCCCOC(=O)c1cc([N+](=O)[O-])cc([N+](=O)[O-])c1)c1cc([N+](=O)[O-])cc([N+](=O)[O-])c1. The Hall–Kier alpha value is -4.32. The second-order valence-electron chi connectivity index (χ2n) is 7.83. The first-order valence-corrected chi connectivity index (χ1v) is 13.9. The van der Waals surface area contributed by atoms with Gasteiger partial charge >= 0.3 is 11.9 Å². The highest BCUT2D eigenvalue weighted by molar-refractivity contribution is 8.76. The van der Waals surface area contributed by atoms with E-state index in [2.05, 4.69) is 0 Å². The first-order valence-electron chi connectivity index (χ1n) is 11.5. The standard InChI is InChI=1S/C22H22N4O12S2/c27-21(15-9-17(23(29)30)13-18(10-15)24(31)32)37-5-1-3-7-39-40-8-4-2-6-38-22(28)16-11-19(25(33)34)14-20(12-16)26(35)36/h9-14H,1-8H2. The molecule has 0 aliphatic carbocycles. The van der Waals surface area contributed by atoms with E-state index in [1.165, 1.54) is 0 Å². The summed E-state index contributed by atoms with van der Waals surface area (Å²) in [4.78, 5) is 64.5. The van der Waals surface area contributed by atoms with Gasteiger partial charge in [-0.2, -0.15) is 0 Å². The largest absolute Gasteiger partial charge is 0.462 e. The van der Waals surface area contributed by atoms with Crippen molar-refractivity contribution in [2.45, 2.75) is 25.7 Å². The van der Waals surface area contributed by atoms with Crippen molar-refractivity contribution >= 4 is 56.3 Å². The van der Waals surface area contributed by atoms with Gasteiger partial charge in [-0.25, -0.2) is 9.59 Å². The van der Waals surface area contributed by atoms with Gasteiger partial charge in [0, 0.05) is 35.8 Å². The van der Waals surface area contributed by atoms with Crippen molar-refractivity contribution in [3.63, 3.8) is 0 Å². The third kappa shape index (κ3) is 10.4. The van der Waals surface area contributed by atoms with Gasteiger partial charge in [0.2, 0.25) is 0 Å². The Balaban J connectivity index is 1.58. The first-order chi connectivity index (χ1) is 19.0. The van der Waals surface area contributed by atoms with Crippen molar-refractivity contribution in [3.05, 3.63) is 88.0 Å². The van der Waals surface area contributed by atoms with Gasteiger partial charge in [-0.1, -0.05) is 21.6 Å². The van der Waals surface area contributed by atoms with Crippen LogP contribution in [-0.2, 0) is 9.47 Å². The number of hydrogen-bond donors (Lipinski definition) is 0. The van der Waals surface area contributed by atoms with Crippen LogP contribution in [0.15, 0.2) is 36.4 Å². The second-order valence-corrected chi connectivity index (χ2v) is 10.5. The number of carbonyl (C=O) groups excluding carboxylic acids is 2. The summed E-state index contributed by atoms with van der Waals surface area (Å²) < 4.78 is 10.1. The lowest BCUT2D eigenvalue weighted by molar-refractivity contribution is -0.394. The number of nitro benzene ring substituents is 4. The van der Waals surface area contributed by atoms with Crippen LogP contribution >= 0.6 is 21.6 Å². The van der Waals surface area contributed by atoms with Crippen molar-refractivity contribution in [2.24, 2.45) is 0 Å². The average Bonchev–Trinajstić information content (AvgIpc) is 2.92. The van der Waals surface area contributed by atoms with E-state index in [1.807, 2.05) is 0 Å². The summed E-state index contributed by atoms with van der Waals surface area (Å²) >= 11 is 0. The Morgan fingerprint density at radius 2 is 0.850 bits per heavy atom. The molecule has 2 rings (SSSR count). The third-order valence-corrected chi connectivity index (χ3v) is 7.49. The fourth-order valence-electron chi connectivity index (χ4n) is 2.99. The lowest BCUT2D eigenvalue weighted by Crippen LogP contribution is -2.08. The number of ether oxygens (including phenoxy) is 2. The molecule has 0 heterocycles. The second kappa shape index (κ2) is 15.9. The molecule has 0 bridgehead atoms. The highest BCUT2D eigenvalue weighted by Gasteiger charge is 2.22. The Bertz CT molecular complexity index is 1130. The van der Waals surface area contributed by atoms with Crippen LogP contribution in [0, 0.1) is 40.5 Å². The maximum Gasteiger partial charge on any atom is 0.338 e. The topological polar surface area (TPSA) is 225 Å². The van der Waals surface area contributed by atoms with Gasteiger partial charge in [-0.3, -0.25) is 40.5 Å². The van der Waals surface area contributed by atoms with E-state index >= 15 is 0 Å². The van der Waals surface area contributed by atoms with Gasteiger partial charge in [0.05, 0.1) is 56.2 Å². The highest BCUT2D eigenvalue weighted by atomic mass is 33.1. The normalized spacial score (nSPS) is 10.5. The van der Waals surface area contributed by atoms with Crippen LogP contribution in [0.25, 0.3) is 0 Å². The number of hydrogen-bond acceptors (Lipinski definition) is 14. The number of carbonyl (C=O) groups is 2. The van der Waals surface area contributed by atoms with Crippen molar-refractivity contribution in [3.8, 4) is 0 Å². The maximum atomic E-state index is 12.1. The van der Waals surface area contributed by atoms with Crippen LogP contribution in [0.2, 0.25) is 0 Å². The number of nitro groups is 4. The smallest absolute Gasteiger partial charge is 0.338 e. The summed E-state index contributed by atoms with van der Waals surface area (Å²) in [6.45, 7) is 0.0826. The molecule has 40 heavy (non-hydrogen) atoms. The molecule has 0 N–H and O–H groups in total. The number of rotatable bonds is 17. The molecule has 0 aromatic heterocycles. The Morgan fingerprint density at radius 3 is 1.12 bits per heavy atom. The monoisotopic (exact) mass is 598 g/mol. The molecular formula is C22H22N4O12S2. The van der Waals surface area contributed by atoms with E-state index < -0.39 is 54.4 Å². The van der Waals surface area contributed by atoms with Crippen LogP contribution in [0.4, 0.5) is 22.7 Å². The molecule has 0 fully saturated rings. The summed E-state index contributed by atoms with van der Waals surface area (Å²) in [6, 6.07) is 5.19. The van der Waals surface area contributed by atoms with Crippen molar-refractivity contribution in [2.75, 3.05) is 24.7 Å². The van der Waals surface area contributed by atoms with E-state index in [1.54, 1.807) is 21.6 Å². The predicted molar refractivity (Wildman–Crippen MR) is 143 cm³/mol. The van der Waals surface area contributed by atoms with Crippen molar-refractivity contribution < 1.29 is 38.8 Å². The van der Waals surface area contributed by atoms with Gasteiger partial charge < -0.3 is 9.47 Å². The molecule has 18 heteroatoms. The molecule has 0 amide bonds. The number of unbranched alkanes of at least 4 members (excludes halogenated alkanes) is 2. The molecule has 2 aromatic rings. The number of non-ortho nitro benzene ring substituents is 4. The molecule has 0 aliphatic rings. The van der Waals surface area contributed by atoms with Gasteiger partial charge in [-0.15, -0.1) is 0 Å². The minimum atomic E-state index is -0.891. The zero-order valence-electron chi connectivity index (χ0n) is 20.6. The lowest BCUT2D eigenvalue weighted by Gasteiger charge is -2.06. The summed E-state index contributed by atoms with van der Waals surface area (Å²) in [6.07, 6.45) is 2.43. The minimum Gasteiger partial charge on any atom is -0.462 e. The Morgan fingerprint density at radius 1 is 0.550 bits per heavy atom. The Labute approximate surface area is 233 Å². The number of nitrogens with zero attached hydrogens (tertiary/aromatic N) is 4. The number of esters is 2. The molecular weight excluding hydrogens is 576 g/mol. The zero-order valence-corrected chi connectivity index (χ0v) is 22.3. The number of benzene rings is 2. The van der Waals surface area contributed by atoms with E-state index in [9.17, 15) is 50.0 Å². The van der Waals surface area contributed by atoms with Crippen LogP contribution in [0.1, 0.15) is 46.4 Å². The van der Waals surface area contributed by atoms with Crippen LogP contribution in [0.3, 0.4) is 0 Å². The molecule has 0 radical (unpaired) electrons. The third-order valence-electron chi connectivity index (χ3n) is 4.91. The quantitative estimate of drug-likeness (QED) is 0.0742. The molecule has 0 spiro atoms. The van der Waals surface area contributed by atoms with E-state index in [4.69, 9.17) is 9.47 Å². The predicted octanol–water partition coefficient (Wildman–Crippen LogP) is 5.28. The average molecular weight is 599 g/mol. The van der Waals surface area contributed by atoms with Crippen molar-refractivity contribution in [1.29, 1.82) is 0 Å². The van der Waals surface area contributed by atoms with E-state index in [-0.39, 0.29) is 24.3 Å². The van der Waals surface area contributed by atoms with Crippen LogP contribution in [-0.4, -0.2) is 56.4 Å². The molecule has 2 aromatic carbocycles. The van der Waals surface area contributed by atoms with E-state index in [0.717, 1.165) is 47.9 Å². The van der Waals surface area contributed by atoms with E-state index in [0.29, 0.717) is 25.7 Å². The lowest BCUT2D eigenvalue weighted by atomic mass is 10.2. The molecule has 0 unspecified atom stereocenters. The van der Waals surface area contributed by atoms with Gasteiger partial charge in [0.25, 0.3) is 22.7 Å². The fraction of sp³-hybridized carbons (Fsp3) is 0.364. The fourth-order valence-corrected chi connectivity index (χ4v) is 5.28. The molecule has 0 saturated heterocycles. The summed E-state index contributed by atoms with van der Waals surface area (Å²) in [5.41, 5.74) is -2.88. The molecule has 0 saturated carbocycles. The molecule has 214 valence electrons. The summed E-state index contributed by atoms with van der Waals surface area (Å²) in [7, 11) is 3.16. The molecule has 0 atom stereocenters.